The van der Waals surface area contributed by atoms with Crippen LogP contribution in [0.5, 0.6) is 0 Å². The van der Waals surface area contributed by atoms with Gasteiger partial charge >= 0.3 is 5.63 Å². The molecule has 0 radical (unpaired) electrons. The smallest absolute Gasteiger partial charge is 0.336 e. The molecule has 0 unspecified atom stereocenters. The molecule has 0 fully saturated rings. The molecule has 2 aromatic rings. The van der Waals surface area contributed by atoms with Crippen LogP contribution in [-0.4, -0.2) is 0 Å². The molecule has 70 valence electrons. The monoisotopic (exact) mass is 186 g/mol. The van der Waals surface area contributed by atoms with Gasteiger partial charge in [0.2, 0.25) is 0 Å². The molecule has 0 atom stereocenters. The zero-order chi connectivity index (χ0) is 10.1. The van der Waals surface area contributed by atoms with E-state index in [1.54, 1.807) is 6.07 Å². The summed E-state index contributed by atoms with van der Waals surface area (Å²) in [6.07, 6.45) is 0. The van der Waals surface area contributed by atoms with E-state index in [4.69, 9.17) is 4.42 Å². The SMILES string of the molecule is C=C(C)c1ccc2ccc(=O)oc2c1. The van der Waals surface area contributed by atoms with Gasteiger partial charge in [0.1, 0.15) is 5.58 Å². The molecule has 0 saturated carbocycles. The fourth-order valence-corrected chi connectivity index (χ4v) is 1.33. The largest absolute Gasteiger partial charge is 0.423 e. The molecule has 14 heavy (non-hydrogen) atoms. The number of rotatable bonds is 1. The van der Waals surface area contributed by atoms with Crippen LogP contribution < -0.4 is 5.63 Å². The summed E-state index contributed by atoms with van der Waals surface area (Å²) in [4.78, 5) is 11.0. The van der Waals surface area contributed by atoms with Crippen molar-refractivity contribution in [1.82, 2.24) is 0 Å². The van der Waals surface area contributed by atoms with Crippen molar-refractivity contribution < 1.29 is 4.42 Å². The highest BCUT2D eigenvalue weighted by atomic mass is 16.4. The summed E-state index contributed by atoms with van der Waals surface area (Å²) in [5.41, 5.74) is 2.24. The molecular weight excluding hydrogens is 176 g/mol. The fraction of sp³-hybridized carbons (Fsp3) is 0.0833. The first-order valence-electron chi connectivity index (χ1n) is 4.36. The van der Waals surface area contributed by atoms with Crippen molar-refractivity contribution in [3.63, 3.8) is 0 Å². The van der Waals surface area contributed by atoms with Gasteiger partial charge in [0, 0.05) is 11.5 Å². The Morgan fingerprint density at radius 3 is 2.71 bits per heavy atom. The molecule has 0 bridgehead atoms. The summed E-state index contributed by atoms with van der Waals surface area (Å²) in [6.45, 7) is 5.75. The Hall–Kier alpha value is -1.83. The molecule has 2 nitrogen and oxygen atoms in total. The second-order valence-corrected chi connectivity index (χ2v) is 3.29. The van der Waals surface area contributed by atoms with E-state index in [9.17, 15) is 4.79 Å². The van der Waals surface area contributed by atoms with Crippen molar-refractivity contribution in [2.45, 2.75) is 6.92 Å². The van der Waals surface area contributed by atoms with Gasteiger partial charge in [-0.25, -0.2) is 4.79 Å². The van der Waals surface area contributed by atoms with Gasteiger partial charge in [-0.3, -0.25) is 0 Å². The maximum atomic E-state index is 11.0. The number of hydrogen-bond donors (Lipinski definition) is 0. The van der Waals surface area contributed by atoms with E-state index in [0.717, 1.165) is 16.5 Å². The van der Waals surface area contributed by atoms with Gasteiger partial charge in [-0.1, -0.05) is 24.3 Å². The van der Waals surface area contributed by atoms with E-state index in [1.165, 1.54) is 6.07 Å². The van der Waals surface area contributed by atoms with Crippen LogP contribution >= 0.6 is 0 Å². The molecule has 0 aliphatic rings. The first kappa shape index (κ1) is 8.75. The van der Waals surface area contributed by atoms with Crippen LogP contribution in [0.2, 0.25) is 0 Å². The second kappa shape index (κ2) is 3.14. The van der Waals surface area contributed by atoms with Crippen molar-refractivity contribution in [3.05, 3.63) is 52.9 Å². The third-order valence-electron chi connectivity index (χ3n) is 2.12. The fourth-order valence-electron chi connectivity index (χ4n) is 1.33. The Morgan fingerprint density at radius 2 is 2.00 bits per heavy atom. The van der Waals surface area contributed by atoms with E-state index >= 15 is 0 Å². The molecule has 1 aromatic heterocycles. The molecule has 0 aliphatic heterocycles. The van der Waals surface area contributed by atoms with Crippen molar-refractivity contribution >= 4 is 16.5 Å². The van der Waals surface area contributed by atoms with E-state index in [0.29, 0.717) is 5.58 Å². The van der Waals surface area contributed by atoms with Crippen LogP contribution in [0, 0.1) is 0 Å². The Balaban J connectivity index is 2.75. The van der Waals surface area contributed by atoms with Crippen molar-refractivity contribution in [2.24, 2.45) is 0 Å². The predicted molar refractivity (Wildman–Crippen MR) is 57.2 cm³/mol. The summed E-state index contributed by atoms with van der Waals surface area (Å²) in [5, 5.41) is 0.926. The van der Waals surface area contributed by atoms with Crippen LogP contribution in [0.25, 0.3) is 16.5 Å². The third-order valence-corrected chi connectivity index (χ3v) is 2.12. The van der Waals surface area contributed by atoms with E-state index in [1.807, 2.05) is 25.1 Å². The van der Waals surface area contributed by atoms with Crippen LogP contribution in [0.1, 0.15) is 12.5 Å². The molecule has 0 amide bonds. The van der Waals surface area contributed by atoms with Gasteiger partial charge in [0.15, 0.2) is 0 Å². The number of fused-ring (bicyclic) bond motifs is 1. The Bertz CT molecular complexity index is 549. The lowest BCUT2D eigenvalue weighted by Gasteiger charge is -2.00. The highest BCUT2D eigenvalue weighted by Crippen LogP contribution is 2.18. The summed E-state index contributed by atoms with van der Waals surface area (Å²) in [7, 11) is 0. The van der Waals surface area contributed by atoms with E-state index in [-0.39, 0.29) is 5.63 Å². The molecule has 2 rings (SSSR count). The summed E-state index contributed by atoms with van der Waals surface area (Å²) in [5.74, 6) is 0. The van der Waals surface area contributed by atoms with Crippen molar-refractivity contribution in [2.75, 3.05) is 0 Å². The molecule has 0 aliphatic carbocycles. The highest BCUT2D eigenvalue weighted by molar-refractivity contribution is 5.80. The van der Waals surface area contributed by atoms with Gasteiger partial charge in [-0.15, -0.1) is 0 Å². The zero-order valence-corrected chi connectivity index (χ0v) is 7.91. The molecule has 2 heteroatoms. The van der Waals surface area contributed by atoms with Crippen molar-refractivity contribution in [3.8, 4) is 0 Å². The summed E-state index contributed by atoms with van der Waals surface area (Å²) >= 11 is 0. The first-order valence-corrected chi connectivity index (χ1v) is 4.36. The van der Waals surface area contributed by atoms with Gasteiger partial charge in [0.25, 0.3) is 0 Å². The summed E-state index contributed by atoms with van der Waals surface area (Å²) < 4.78 is 5.06. The Kier molecular flexibility index (Phi) is 1.97. The first-order chi connectivity index (χ1) is 6.66. The lowest BCUT2D eigenvalue weighted by molar-refractivity contribution is 0.561. The second-order valence-electron chi connectivity index (χ2n) is 3.29. The van der Waals surface area contributed by atoms with Gasteiger partial charge < -0.3 is 4.42 Å². The summed E-state index contributed by atoms with van der Waals surface area (Å²) in [6, 6.07) is 8.89. The Morgan fingerprint density at radius 1 is 1.29 bits per heavy atom. The molecule has 0 spiro atoms. The molecule has 0 saturated heterocycles. The molecule has 0 N–H and O–H groups in total. The lowest BCUT2D eigenvalue weighted by Crippen LogP contribution is -1.94. The van der Waals surface area contributed by atoms with E-state index in [2.05, 4.69) is 6.58 Å². The lowest BCUT2D eigenvalue weighted by atomic mass is 10.1. The molecule has 1 aromatic carbocycles. The molecule has 1 heterocycles. The molecular formula is C12H10O2. The van der Waals surface area contributed by atoms with Crippen LogP contribution in [0.3, 0.4) is 0 Å². The normalized spacial score (nSPS) is 10.4. The standard InChI is InChI=1S/C12H10O2/c1-8(2)10-4-3-9-5-6-12(13)14-11(9)7-10/h3-7H,1H2,2H3. The van der Waals surface area contributed by atoms with E-state index < -0.39 is 0 Å². The quantitative estimate of drug-likeness (QED) is 0.641. The predicted octanol–water partition coefficient (Wildman–Crippen LogP) is 2.83. The zero-order valence-electron chi connectivity index (χ0n) is 7.91. The topological polar surface area (TPSA) is 30.2 Å². The minimum atomic E-state index is -0.323. The number of hydrogen-bond acceptors (Lipinski definition) is 2. The minimum Gasteiger partial charge on any atom is -0.423 e. The maximum Gasteiger partial charge on any atom is 0.336 e. The van der Waals surface area contributed by atoms with Crippen LogP contribution in [0.15, 0.2) is 46.1 Å². The average Bonchev–Trinajstić information content (AvgIpc) is 2.16. The Labute approximate surface area is 81.5 Å². The maximum absolute atomic E-state index is 11.0. The minimum absolute atomic E-state index is 0.323. The van der Waals surface area contributed by atoms with Gasteiger partial charge in [-0.2, -0.15) is 0 Å². The van der Waals surface area contributed by atoms with Crippen LogP contribution in [0.4, 0.5) is 0 Å². The van der Waals surface area contributed by atoms with Gasteiger partial charge in [0.05, 0.1) is 0 Å². The number of benzene rings is 1. The highest BCUT2D eigenvalue weighted by Gasteiger charge is 1.99. The van der Waals surface area contributed by atoms with Crippen LogP contribution in [-0.2, 0) is 0 Å². The average molecular weight is 186 g/mol. The number of allylic oxidation sites excluding steroid dienone is 1. The third kappa shape index (κ3) is 1.46. The van der Waals surface area contributed by atoms with Gasteiger partial charge in [-0.05, 0) is 24.6 Å². The van der Waals surface area contributed by atoms with Crippen molar-refractivity contribution in [1.29, 1.82) is 0 Å².